The van der Waals surface area contributed by atoms with Gasteiger partial charge >= 0.3 is 12.0 Å². The third-order valence-electron chi connectivity index (χ3n) is 4.62. The highest BCUT2D eigenvalue weighted by molar-refractivity contribution is 6.20. The maximum absolute atomic E-state index is 12.3. The fraction of sp³-hybridized carbons (Fsp3) is 0.400. The molecule has 0 aromatic heterocycles. The van der Waals surface area contributed by atoms with Gasteiger partial charge in [0.25, 0.3) is 5.91 Å². The number of hydrogen-bond acceptors (Lipinski definition) is 7. The summed E-state index contributed by atoms with van der Waals surface area (Å²) in [6, 6.07) is 8.27. The van der Waals surface area contributed by atoms with Crippen molar-refractivity contribution in [3.8, 4) is 0 Å². The van der Waals surface area contributed by atoms with Crippen LogP contribution in [0.2, 0.25) is 0 Å². The summed E-state index contributed by atoms with van der Waals surface area (Å²) >= 11 is 0. The Morgan fingerprint density at radius 2 is 1.79 bits per heavy atom. The third-order valence-corrected chi connectivity index (χ3v) is 4.62. The van der Waals surface area contributed by atoms with Gasteiger partial charge in [0.15, 0.2) is 18.8 Å². The Labute approximate surface area is 167 Å². The molecule has 0 unspecified atom stereocenters. The Morgan fingerprint density at radius 1 is 1.07 bits per heavy atom. The van der Waals surface area contributed by atoms with Gasteiger partial charge in [-0.15, -0.1) is 0 Å². The van der Waals surface area contributed by atoms with Crippen LogP contribution in [0.25, 0.3) is 0 Å². The lowest BCUT2D eigenvalue weighted by Crippen LogP contribution is -2.46. The first-order valence-electron chi connectivity index (χ1n) is 9.53. The molecule has 1 aromatic carbocycles. The van der Waals surface area contributed by atoms with Gasteiger partial charge in [-0.25, -0.2) is 9.59 Å². The lowest BCUT2D eigenvalue weighted by atomic mass is 9.96. The summed E-state index contributed by atoms with van der Waals surface area (Å²) in [5.41, 5.74) is 0.327. The van der Waals surface area contributed by atoms with Crippen LogP contribution in [0.15, 0.2) is 41.8 Å². The van der Waals surface area contributed by atoms with Crippen LogP contribution in [0, 0.1) is 0 Å². The second-order valence-corrected chi connectivity index (χ2v) is 6.84. The molecule has 0 bridgehead atoms. The smallest absolute Gasteiger partial charge is 0.347 e. The van der Waals surface area contributed by atoms with E-state index < -0.39 is 30.3 Å². The highest BCUT2D eigenvalue weighted by Crippen LogP contribution is 2.20. The number of Topliss-reactive ketones (excluding diaryl/α,β-unsaturated/α-hetero) is 1. The second kappa shape index (κ2) is 9.72. The monoisotopic (exact) mass is 401 g/mol. The number of amides is 3. The molecule has 3 N–H and O–H groups in total. The molecule has 1 aliphatic carbocycles. The molecule has 3 amide bonds. The fourth-order valence-corrected chi connectivity index (χ4v) is 3.20. The van der Waals surface area contributed by atoms with E-state index in [4.69, 9.17) is 9.47 Å². The first-order chi connectivity index (χ1) is 14.0. The summed E-state index contributed by atoms with van der Waals surface area (Å²) in [5, 5.41) is 7.69. The van der Waals surface area contributed by atoms with Crippen molar-refractivity contribution in [3.63, 3.8) is 0 Å². The van der Waals surface area contributed by atoms with Gasteiger partial charge < -0.3 is 20.1 Å². The largest absolute Gasteiger partial charge is 0.470 e. The molecule has 9 nitrogen and oxygen atoms in total. The summed E-state index contributed by atoms with van der Waals surface area (Å²) < 4.78 is 10.1. The van der Waals surface area contributed by atoms with Crippen molar-refractivity contribution in [2.75, 3.05) is 18.5 Å². The highest BCUT2D eigenvalue weighted by Gasteiger charge is 2.33. The number of carbonyl (C=O) groups is 4. The SMILES string of the molecule is O=C(COC(=O)C1=C(Nc2ccccc2)OCC1=O)NC(=O)NC1CCCCC1. The van der Waals surface area contributed by atoms with Crippen LogP contribution in [0.3, 0.4) is 0 Å². The van der Waals surface area contributed by atoms with Crippen LogP contribution in [-0.2, 0) is 23.9 Å². The molecule has 0 atom stereocenters. The summed E-state index contributed by atoms with van der Waals surface area (Å²) in [6.45, 7) is -0.984. The lowest BCUT2D eigenvalue weighted by Gasteiger charge is -2.22. The Hall–Kier alpha value is -3.36. The molecule has 1 saturated carbocycles. The number of nitrogens with one attached hydrogen (secondary N) is 3. The van der Waals surface area contributed by atoms with Gasteiger partial charge in [-0.2, -0.15) is 0 Å². The van der Waals surface area contributed by atoms with Gasteiger partial charge in [0.05, 0.1) is 0 Å². The van der Waals surface area contributed by atoms with E-state index >= 15 is 0 Å². The van der Waals surface area contributed by atoms with Crippen LogP contribution in [0.5, 0.6) is 0 Å². The third kappa shape index (κ3) is 5.81. The van der Waals surface area contributed by atoms with Crippen molar-refractivity contribution < 1.29 is 28.7 Å². The second-order valence-electron chi connectivity index (χ2n) is 6.84. The quantitative estimate of drug-likeness (QED) is 0.489. The van der Waals surface area contributed by atoms with Crippen LogP contribution in [0.4, 0.5) is 10.5 Å². The van der Waals surface area contributed by atoms with Crippen molar-refractivity contribution in [1.82, 2.24) is 10.6 Å². The van der Waals surface area contributed by atoms with Gasteiger partial charge in [-0.05, 0) is 25.0 Å². The number of urea groups is 1. The zero-order valence-electron chi connectivity index (χ0n) is 15.9. The zero-order chi connectivity index (χ0) is 20.6. The molecule has 1 heterocycles. The van der Waals surface area contributed by atoms with E-state index in [1.807, 2.05) is 6.07 Å². The predicted octanol–water partition coefficient (Wildman–Crippen LogP) is 1.61. The summed E-state index contributed by atoms with van der Waals surface area (Å²) in [6.07, 6.45) is 4.99. The number of para-hydroxylation sites is 1. The van der Waals surface area contributed by atoms with Crippen molar-refractivity contribution in [1.29, 1.82) is 0 Å². The molecule has 9 heteroatoms. The van der Waals surface area contributed by atoms with E-state index in [1.54, 1.807) is 24.3 Å². The molecule has 1 aliphatic heterocycles. The standard InChI is InChI=1S/C20H23N3O6/c24-15-11-28-18(21-13-7-3-1-4-8-13)17(15)19(26)29-12-16(25)23-20(27)22-14-9-5-2-6-10-14/h1,3-4,7-8,14,21H,2,5-6,9-12H2,(H2,22,23,25,27). The molecule has 1 aromatic rings. The molecule has 0 saturated heterocycles. The normalized spacial score (nSPS) is 16.8. The Bertz CT molecular complexity index is 815. The predicted molar refractivity (Wildman–Crippen MR) is 103 cm³/mol. The van der Waals surface area contributed by atoms with E-state index in [2.05, 4.69) is 16.0 Å². The molecule has 1 fully saturated rings. The number of ether oxygens (including phenoxy) is 2. The minimum absolute atomic E-state index is 0.0263. The van der Waals surface area contributed by atoms with E-state index in [0.29, 0.717) is 5.69 Å². The Balaban J connectivity index is 1.50. The number of carbonyl (C=O) groups excluding carboxylic acids is 4. The number of anilines is 1. The van der Waals surface area contributed by atoms with E-state index in [-0.39, 0.29) is 24.1 Å². The molecule has 0 radical (unpaired) electrons. The Morgan fingerprint density at radius 3 is 2.52 bits per heavy atom. The van der Waals surface area contributed by atoms with E-state index in [9.17, 15) is 19.2 Å². The van der Waals surface area contributed by atoms with Crippen molar-refractivity contribution >= 4 is 29.4 Å². The van der Waals surface area contributed by atoms with Gasteiger partial charge in [-0.3, -0.25) is 14.9 Å². The zero-order valence-corrected chi connectivity index (χ0v) is 15.9. The van der Waals surface area contributed by atoms with Crippen molar-refractivity contribution in [2.24, 2.45) is 0 Å². The molecule has 29 heavy (non-hydrogen) atoms. The molecule has 3 rings (SSSR count). The maximum Gasteiger partial charge on any atom is 0.347 e. The number of rotatable bonds is 6. The summed E-state index contributed by atoms with van der Waals surface area (Å²) in [5.74, 6) is -2.35. The van der Waals surface area contributed by atoms with Crippen LogP contribution in [-0.4, -0.2) is 42.9 Å². The molecule has 154 valence electrons. The van der Waals surface area contributed by atoms with Crippen molar-refractivity contribution in [3.05, 3.63) is 41.8 Å². The minimum atomic E-state index is -0.992. The molecule has 0 spiro atoms. The minimum Gasteiger partial charge on any atom is -0.470 e. The summed E-state index contributed by atoms with van der Waals surface area (Å²) in [4.78, 5) is 48.0. The number of esters is 1. The molecular formula is C20H23N3O6. The van der Waals surface area contributed by atoms with Gasteiger partial charge in [0.2, 0.25) is 11.7 Å². The van der Waals surface area contributed by atoms with Gasteiger partial charge in [0.1, 0.15) is 0 Å². The van der Waals surface area contributed by atoms with E-state index in [1.165, 1.54) is 0 Å². The fourth-order valence-electron chi connectivity index (χ4n) is 3.20. The average molecular weight is 401 g/mol. The Kier molecular flexibility index (Phi) is 6.83. The first-order valence-corrected chi connectivity index (χ1v) is 9.53. The number of ketones is 1. The highest BCUT2D eigenvalue weighted by atomic mass is 16.5. The van der Waals surface area contributed by atoms with Crippen molar-refractivity contribution in [2.45, 2.75) is 38.1 Å². The molecular weight excluding hydrogens is 378 g/mol. The first kappa shape index (κ1) is 20.4. The van der Waals surface area contributed by atoms with E-state index in [0.717, 1.165) is 32.1 Å². The average Bonchev–Trinajstić information content (AvgIpc) is 3.07. The van der Waals surface area contributed by atoms with Crippen LogP contribution < -0.4 is 16.0 Å². The number of imide groups is 1. The maximum atomic E-state index is 12.3. The number of hydrogen-bond donors (Lipinski definition) is 3. The van der Waals surface area contributed by atoms with Gasteiger partial charge in [-0.1, -0.05) is 37.5 Å². The topological polar surface area (TPSA) is 123 Å². The van der Waals surface area contributed by atoms with Crippen LogP contribution in [0.1, 0.15) is 32.1 Å². The van der Waals surface area contributed by atoms with Crippen LogP contribution >= 0.6 is 0 Å². The summed E-state index contributed by atoms with van der Waals surface area (Å²) in [7, 11) is 0. The number of benzene rings is 1. The van der Waals surface area contributed by atoms with Gasteiger partial charge in [0, 0.05) is 11.7 Å². The molecule has 2 aliphatic rings. The lowest BCUT2D eigenvalue weighted by molar-refractivity contribution is -0.145.